The summed E-state index contributed by atoms with van der Waals surface area (Å²) in [6.45, 7) is 0.312. The molecule has 0 unspecified atom stereocenters. The predicted molar refractivity (Wildman–Crippen MR) is 111 cm³/mol. The highest BCUT2D eigenvalue weighted by Crippen LogP contribution is 2.27. The van der Waals surface area contributed by atoms with Crippen molar-refractivity contribution in [2.75, 3.05) is 5.75 Å². The van der Waals surface area contributed by atoms with Gasteiger partial charge in [-0.2, -0.15) is 5.26 Å². The SMILES string of the molecule is Cn1cnc2c1c(=O)n(CCCSc1nc3c(cc1C#N)CCCC3)c(=O)n2C. The maximum atomic E-state index is 12.7. The first-order chi connectivity index (χ1) is 14.0. The molecule has 29 heavy (non-hydrogen) atoms. The summed E-state index contributed by atoms with van der Waals surface area (Å²) in [7, 11) is 3.37. The predicted octanol–water partition coefficient (Wildman–Crippen LogP) is 1.76. The van der Waals surface area contributed by atoms with Gasteiger partial charge in [0.2, 0.25) is 0 Å². The van der Waals surface area contributed by atoms with E-state index in [1.54, 1.807) is 18.7 Å². The molecule has 0 spiro atoms. The molecule has 0 aromatic carbocycles. The number of hydrogen-bond donors (Lipinski definition) is 0. The zero-order chi connectivity index (χ0) is 20.5. The molecule has 3 heterocycles. The normalized spacial score (nSPS) is 13.4. The third-order valence-electron chi connectivity index (χ3n) is 5.35. The lowest BCUT2D eigenvalue weighted by molar-refractivity contribution is 0.594. The average Bonchev–Trinajstić information content (AvgIpc) is 3.12. The summed E-state index contributed by atoms with van der Waals surface area (Å²) in [4.78, 5) is 34.1. The number of rotatable bonds is 5. The molecule has 0 saturated heterocycles. The Morgan fingerprint density at radius 1 is 1.24 bits per heavy atom. The maximum Gasteiger partial charge on any atom is 0.332 e. The first-order valence-corrected chi connectivity index (χ1v) is 10.7. The minimum Gasteiger partial charge on any atom is -0.328 e. The molecule has 150 valence electrons. The van der Waals surface area contributed by atoms with E-state index in [1.807, 2.05) is 6.07 Å². The van der Waals surface area contributed by atoms with Gasteiger partial charge in [0, 0.05) is 32.1 Å². The summed E-state index contributed by atoms with van der Waals surface area (Å²) in [6, 6.07) is 4.22. The quantitative estimate of drug-likeness (QED) is 0.470. The van der Waals surface area contributed by atoms with Gasteiger partial charge >= 0.3 is 5.69 Å². The van der Waals surface area contributed by atoms with Crippen LogP contribution < -0.4 is 11.2 Å². The van der Waals surface area contributed by atoms with Crippen molar-refractivity contribution in [1.29, 1.82) is 5.26 Å². The van der Waals surface area contributed by atoms with E-state index >= 15 is 0 Å². The Morgan fingerprint density at radius 2 is 2.03 bits per heavy atom. The molecule has 0 saturated carbocycles. The maximum absolute atomic E-state index is 12.7. The lowest BCUT2D eigenvalue weighted by Crippen LogP contribution is -2.39. The van der Waals surface area contributed by atoms with Gasteiger partial charge in [0.1, 0.15) is 11.1 Å². The van der Waals surface area contributed by atoms with Crippen molar-refractivity contribution < 1.29 is 0 Å². The number of nitriles is 1. The van der Waals surface area contributed by atoms with E-state index in [4.69, 9.17) is 4.98 Å². The van der Waals surface area contributed by atoms with E-state index in [0.717, 1.165) is 36.4 Å². The third kappa shape index (κ3) is 3.49. The fourth-order valence-electron chi connectivity index (χ4n) is 3.79. The molecular weight excluding hydrogens is 388 g/mol. The van der Waals surface area contributed by atoms with Gasteiger partial charge in [0.05, 0.1) is 11.9 Å². The Morgan fingerprint density at radius 3 is 2.83 bits per heavy atom. The average molecular weight is 411 g/mol. The van der Waals surface area contributed by atoms with Gasteiger partial charge < -0.3 is 4.57 Å². The number of fused-ring (bicyclic) bond motifs is 2. The van der Waals surface area contributed by atoms with E-state index in [2.05, 4.69) is 11.1 Å². The van der Waals surface area contributed by atoms with Crippen molar-refractivity contribution in [3.63, 3.8) is 0 Å². The van der Waals surface area contributed by atoms with Gasteiger partial charge in [-0.15, -0.1) is 11.8 Å². The van der Waals surface area contributed by atoms with Crippen LogP contribution in [0.5, 0.6) is 0 Å². The van der Waals surface area contributed by atoms with Gasteiger partial charge in [0.15, 0.2) is 11.2 Å². The molecule has 0 amide bonds. The van der Waals surface area contributed by atoms with Crippen LogP contribution in [-0.2, 0) is 33.5 Å². The monoisotopic (exact) mass is 410 g/mol. The van der Waals surface area contributed by atoms with Gasteiger partial charge in [-0.3, -0.25) is 13.9 Å². The Labute approximate surface area is 171 Å². The third-order valence-corrected chi connectivity index (χ3v) is 6.43. The van der Waals surface area contributed by atoms with Crippen molar-refractivity contribution >= 4 is 22.9 Å². The number of imidazole rings is 1. The minimum absolute atomic E-state index is 0.312. The van der Waals surface area contributed by atoms with E-state index in [-0.39, 0.29) is 11.2 Å². The van der Waals surface area contributed by atoms with E-state index in [9.17, 15) is 14.9 Å². The second-order valence-corrected chi connectivity index (χ2v) is 8.38. The Kier molecular flexibility index (Phi) is 5.28. The van der Waals surface area contributed by atoms with Gasteiger partial charge in [-0.1, -0.05) is 0 Å². The Bertz CT molecular complexity index is 1250. The molecule has 1 aliphatic rings. The zero-order valence-electron chi connectivity index (χ0n) is 16.5. The summed E-state index contributed by atoms with van der Waals surface area (Å²) >= 11 is 1.51. The highest BCUT2D eigenvalue weighted by atomic mass is 32.2. The minimum atomic E-state index is -0.365. The summed E-state index contributed by atoms with van der Waals surface area (Å²) in [5, 5.41) is 10.2. The van der Waals surface area contributed by atoms with Crippen LogP contribution in [0.25, 0.3) is 11.2 Å². The molecule has 3 aromatic rings. The van der Waals surface area contributed by atoms with E-state index < -0.39 is 0 Å². The molecular formula is C20H22N6O2S. The van der Waals surface area contributed by atoms with Crippen molar-refractivity contribution in [3.05, 3.63) is 50.1 Å². The van der Waals surface area contributed by atoms with Crippen molar-refractivity contribution in [3.8, 4) is 6.07 Å². The Hall–Kier alpha value is -2.86. The fourth-order valence-corrected chi connectivity index (χ4v) is 4.69. The summed E-state index contributed by atoms with van der Waals surface area (Å²) in [5.41, 5.74) is 3.03. The molecule has 0 bridgehead atoms. The summed E-state index contributed by atoms with van der Waals surface area (Å²) in [5.74, 6) is 0.666. The van der Waals surface area contributed by atoms with E-state index in [1.165, 1.54) is 32.8 Å². The number of aryl methyl sites for hydroxylation is 4. The number of aromatic nitrogens is 5. The van der Waals surface area contributed by atoms with Crippen LogP contribution in [0, 0.1) is 11.3 Å². The summed E-state index contributed by atoms with van der Waals surface area (Å²) < 4.78 is 4.30. The molecule has 0 radical (unpaired) electrons. The molecule has 9 heteroatoms. The van der Waals surface area contributed by atoms with Crippen LogP contribution in [0.15, 0.2) is 27.0 Å². The summed E-state index contributed by atoms with van der Waals surface area (Å²) in [6.07, 6.45) is 6.40. The van der Waals surface area contributed by atoms with Crippen molar-refractivity contribution in [1.82, 2.24) is 23.7 Å². The zero-order valence-corrected chi connectivity index (χ0v) is 17.3. The largest absolute Gasteiger partial charge is 0.332 e. The van der Waals surface area contributed by atoms with Gasteiger partial charge in [-0.05, 0) is 43.7 Å². The van der Waals surface area contributed by atoms with Crippen LogP contribution in [0.2, 0.25) is 0 Å². The number of hydrogen-bond acceptors (Lipinski definition) is 6. The van der Waals surface area contributed by atoms with Crippen molar-refractivity contribution in [2.45, 2.75) is 43.7 Å². The molecule has 4 rings (SSSR count). The molecule has 0 fully saturated rings. The topological polar surface area (TPSA) is 98.5 Å². The highest BCUT2D eigenvalue weighted by Gasteiger charge is 2.17. The smallest absolute Gasteiger partial charge is 0.328 e. The molecule has 0 atom stereocenters. The lowest BCUT2D eigenvalue weighted by Gasteiger charge is -2.16. The highest BCUT2D eigenvalue weighted by molar-refractivity contribution is 7.99. The number of nitrogens with zero attached hydrogens (tertiary/aromatic N) is 6. The van der Waals surface area contributed by atoms with Crippen LogP contribution in [-0.4, -0.2) is 29.4 Å². The van der Waals surface area contributed by atoms with E-state index in [0.29, 0.717) is 35.4 Å². The van der Waals surface area contributed by atoms with Gasteiger partial charge in [0.25, 0.3) is 5.56 Å². The number of pyridine rings is 1. The number of thioether (sulfide) groups is 1. The van der Waals surface area contributed by atoms with Crippen LogP contribution in [0.1, 0.15) is 36.1 Å². The second kappa shape index (κ2) is 7.87. The second-order valence-electron chi connectivity index (χ2n) is 7.29. The Balaban J connectivity index is 1.51. The van der Waals surface area contributed by atoms with Crippen LogP contribution in [0.4, 0.5) is 0 Å². The first-order valence-electron chi connectivity index (χ1n) is 9.68. The van der Waals surface area contributed by atoms with Gasteiger partial charge in [-0.25, -0.2) is 14.8 Å². The van der Waals surface area contributed by atoms with Crippen LogP contribution >= 0.6 is 11.8 Å². The van der Waals surface area contributed by atoms with Crippen molar-refractivity contribution in [2.24, 2.45) is 14.1 Å². The molecule has 0 aliphatic heterocycles. The standard InChI is InChI=1S/C20H22N6O2S/c1-24-12-22-17-16(24)19(27)26(20(28)25(17)2)8-5-9-29-18-14(11-21)10-13-6-3-4-7-15(13)23-18/h10,12H,3-9H2,1-2H3. The van der Waals surface area contributed by atoms with Crippen LogP contribution in [0.3, 0.4) is 0 Å². The molecule has 0 N–H and O–H groups in total. The first kappa shape index (κ1) is 19.5. The lowest BCUT2D eigenvalue weighted by atomic mass is 9.95. The molecule has 8 nitrogen and oxygen atoms in total. The molecule has 1 aliphatic carbocycles. The molecule has 3 aromatic heterocycles. The fraction of sp³-hybridized carbons (Fsp3) is 0.450.